The lowest BCUT2D eigenvalue weighted by Gasteiger charge is -2.11. The zero-order valence-corrected chi connectivity index (χ0v) is 12.9. The smallest absolute Gasteiger partial charge is 0.257 e. The summed E-state index contributed by atoms with van der Waals surface area (Å²) in [6.45, 7) is -0.176. The molecule has 0 aliphatic heterocycles. The molecule has 3 N–H and O–H groups in total. The molecule has 0 saturated carbocycles. The van der Waals surface area contributed by atoms with Gasteiger partial charge in [0.1, 0.15) is 0 Å². The number of benzene rings is 1. The molecule has 21 heavy (non-hydrogen) atoms. The SMILES string of the molecule is N#CCCNC(=O)COc1c(Cl)cc(S(N)(=O)=O)cc1Cl. The molecule has 1 aromatic rings. The third-order valence-corrected chi connectivity index (χ3v) is 3.66. The van der Waals surface area contributed by atoms with Crippen molar-refractivity contribution in [3.8, 4) is 11.8 Å². The highest BCUT2D eigenvalue weighted by atomic mass is 35.5. The summed E-state index contributed by atoms with van der Waals surface area (Å²) >= 11 is 11.7. The average molecular weight is 352 g/mol. The van der Waals surface area contributed by atoms with Crippen molar-refractivity contribution in [2.24, 2.45) is 5.14 Å². The lowest BCUT2D eigenvalue weighted by Crippen LogP contribution is -2.29. The van der Waals surface area contributed by atoms with Crippen LogP contribution in [0.5, 0.6) is 5.75 Å². The Hall–Kier alpha value is -1.53. The van der Waals surface area contributed by atoms with Crippen molar-refractivity contribution in [1.82, 2.24) is 5.32 Å². The van der Waals surface area contributed by atoms with Gasteiger partial charge in [-0.05, 0) is 12.1 Å². The van der Waals surface area contributed by atoms with Crippen molar-refractivity contribution in [3.05, 3.63) is 22.2 Å². The minimum absolute atomic E-state index is 0.0267. The zero-order chi connectivity index (χ0) is 16.0. The monoisotopic (exact) mass is 351 g/mol. The molecule has 1 amide bonds. The van der Waals surface area contributed by atoms with Gasteiger partial charge in [0.25, 0.3) is 5.91 Å². The summed E-state index contributed by atoms with van der Waals surface area (Å²) in [4.78, 5) is 11.1. The van der Waals surface area contributed by atoms with E-state index in [1.54, 1.807) is 0 Å². The molecule has 0 atom stereocenters. The van der Waals surface area contributed by atoms with Crippen LogP contribution in [0.3, 0.4) is 0 Å². The van der Waals surface area contributed by atoms with Crippen molar-refractivity contribution >= 4 is 39.1 Å². The van der Waals surface area contributed by atoms with Gasteiger partial charge < -0.3 is 10.1 Å². The van der Waals surface area contributed by atoms with Crippen LogP contribution in [-0.2, 0) is 14.8 Å². The van der Waals surface area contributed by atoms with Gasteiger partial charge in [-0.25, -0.2) is 13.6 Å². The summed E-state index contributed by atoms with van der Waals surface area (Å²) in [6.07, 6.45) is 0.177. The Bertz CT molecular complexity index is 662. The number of nitrogens with one attached hydrogen (secondary N) is 1. The number of rotatable bonds is 6. The van der Waals surface area contributed by atoms with E-state index in [0.717, 1.165) is 12.1 Å². The van der Waals surface area contributed by atoms with Crippen LogP contribution in [0.4, 0.5) is 0 Å². The third-order valence-electron chi connectivity index (χ3n) is 2.21. The number of halogens is 2. The maximum atomic E-state index is 11.4. The minimum atomic E-state index is -3.95. The average Bonchev–Trinajstić information content (AvgIpc) is 2.36. The van der Waals surface area contributed by atoms with Crippen LogP contribution in [0.25, 0.3) is 0 Å². The number of nitrogens with zero attached hydrogens (tertiary/aromatic N) is 1. The van der Waals surface area contributed by atoms with E-state index >= 15 is 0 Å². The number of carbonyl (C=O) groups is 1. The van der Waals surface area contributed by atoms with Crippen LogP contribution in [-0.4, -0.2) is 27.5 Å². The van der Waals surface area contributed by atoms with Gasteiger partial charge in [0, 0.05) is 6.54 Å². The Morgan fingerprint density at radius 3 is 2.43 bits per heavy atom. The molecule has 0 spiro atoms. The summed E-state index contributed by atoms with van der Waals surface area (Å²) in [6, 6.07) is 4.02. The van der Waals surface area contributed by atoms with Gasteiger partial charge in [0.2, 0.25) is 10.0 Å². The van der Waals surface area contributed by atoms with E-state index in [0.29, 0.717) is 0 Å². The summed E-state index contributed by atoms with van der Waals surface area (Å²) in [5.74, 6) is -0.492. The molecule has 0 heterocycles. The first-order valence-electron chi connectivity index (χ1n) is 5.54. The normalized spacial score (nSPS) is 10.8. The highest BCUT2D eigenvalue weighted by molar-refractivity contribution is 7.89. The van der Waals surface area contributed by atoms with Gasteiger partial charge in [-0.3, -0.25) is 4.79 Å². The number of nitriles is 1. The summed E-state index contributed by atoms with van der Waals surface area (Å²) < 4.78 is 27.5. The number of ether oxygens (including phenoxy) is 1. The maximum absolute atomic E-state index is 11.4. The molecule has 0 bridgehead atoms. The van der Waals surface area contributed by atoms with E-state index < -0.39 is 15.9 Å². The van der Waals surface area contributed by atoms with E-state index in [4.69, 9.17) is 38.3 Å². The fraction of sp³-hybridized carbons (Fsp3) is 0.273. The summed E-state index contributed by atoms with van der Waals surface area (Å²) in [5, 5.41) is 15.5. The van der Waals surface area contributed by atoms with Crippen molar-refractivity contribution in [3.63, 3.8) is 0 Å². The molecule has 0 aromatic heterocycles. The lowest BCUT2D eigenvalue weighted by atomic mass is 10.3. The van der Waals surface area contributed by atoms with Crippen molar-refractivity contribution in [2.45, 2.75) is 11.3 Å². The van der Waals surface area contributed by atoms with Crippen LogP contribution in [0.15, 0.2) is 17.0 Å². The van der Waals surface area contributed by atoms with Gasteiger partial charge in [-0.1, -0.05) is 23.2 Å². The second-order valence-corrected chi connectivity index (χ2v) is 6.18. The summed E-state index contributed by atoms with van der Waals surface area (Å²) in [5.41, 5.74) is 0. The van der Waals surface area contributed by atoms with E-state index in [1.807, 2.05) is 6.07 Å². The van der Waals surface area contributed by atoms with Crippen molar-refractivity contribution < 1.29 is 17.9 Å². The Balaban J connectivity index is 2.77. The van der Waals surface area contributed by atoms with E-state index in [-0.39, 0.29) is 40.3 Å². The van der Waals surface area contributed by atoms with Crippen LogP contribution < -0.4 is 15.2 Å². The third kappa shape index (κ3) is 5.40. The van der Waals surface area contributed by atoms with E-state index in [9.17, 15) is 13.2 Å². The minimum Gasteiger partial charge on any atom is -0.481 e. The summed E-state index contributed by atoms with van der Waals surface area (Å²) in [7, 11) is -3.95. The second kappa shape index (κ2) is 7.47. The standard InChI is InChI=1S/C11H11Cl2N3O4S/c12-8-4-7(21(15,18)19)5-9(13)11(8)20-6-10(17)16-3-1-2-14/h4-5H,1,3,6H2,(H,16,17)(H2,15,18,19). The molecule has 0 fully saturated rings. The Kier molecular flexibility index (Phi) is 6.23. The lowest BCUT2D eigenvalue weighted by molar-refractivity contribution is -0.123. The highest BCUT2D eigenvalue weighted by Crippen LogP contribution is 2.35. The Morgan fingerprint density at radius 1 is 1.38 bits per heavy atom. The van der Waals surface area contributed by atoms with Gasteiger partial charge >= 0.3 is 0 Å². The van der Waals surface area contributed by atoms with Gasteiger partial charge in [-0.15, -0.1) is 0 Å². The number of hydrogen-bond donors (Lipinski definition) is 2. The topological polar surface area (TPSA) is 122 Å². The zero-order valence-electron chi connectivity index (χ0n) is 10.6. The largest absolute Gasteiger partial charge is 0.481 e. The molecule has 0 saturated heterocycles. The van der Waals surface area contributed by atoms with Gasteiger partial charge in [-0.2, -0.15) is 5.26 Å². The first kappa shape index (κ1) is 17.5. The number of nitrogens with two attached hydrogens (primary N) is 1. The molecule has 0 aliphatic rings. The first-order valence-corrected chi connectivity index (χ1v) is 7.84. The molecular weight excluding hydrogens is 341 g/mol. The van der Waals surface area contributed by atoms with Crippen molar-refractivity contribution in [1.29, 1.82) is 5.26 Å². The van der Waals surface area contributed by atoms with Crippen LogP contribution in [0, 0.1) is 11.3 Å². The fourth-order valence-electron chi connectivity index (χ4n) is 1.29. The van der Waals surface area contributed by atoms with E-state index in [1.165, 1.54) is 0 Å². The molecule has 1 rings (SSSR count). The quantitative estimate of drug-likeness (QED) is 0.741. The molecule has 1 aromatic carbocycles. The van der Waals surface area contributed by atoms with Crippen LogP contribution >= 0.6 is 23.2 Å². The van der Waals surface area contributed by atoms with Gasteiger partial charge in [0.15, 0.2) is 12.4 Å². The molecule has 0 unspecified atom stereocenters. The number of carbonyl (C=O) groups excluding carboxylic acids is 1. The molecule has 0 aliphatic carbocycles. The van der Waals surface area contributed by atoms with Crippen LogP contribution in [0.2, 0.25) is 10.0 Å². The number of hydrogen-bond acceptors (Lipinski definition) is 5. The number of amides is 1. The fourth-order valence-corrected chi connectivity index (χ4v) is 2.58. The Labute approximate surface area is 131 Å². The maximum Gasteiger partial charge on any atom is 0.257 e. The first-order chi connectivity index (χ1) is 9.75. The Morgan fingerprint density at radius 2 is 1.95 bits per heavy atom. The highest BCUT2D eigenvalue weighted by Gasteiger charge is 2.16. The molecule has 10 heteroatoms. The molecule has 114 valence electrons. The predicted octanol–water partition coefficient (Wildman–Crippen LogP) is 1.05. The molecule has 7 nitrogen and oxygen atoms in total. The predicted molar refractivity (Wildman–Crippen MR) is 76.6 cm³/mol. The number of sulfonamides is 1. The van der Waals surface area contributed by atoms with E-state index in [2.05, 4.69) is 5.32 Å². The molecular formula is C11H11Cl2N3O4S. The molecule has 0 radical (unpaired) electrons. The second-order valence-electron chi connectivity index (χ2n) is 3.81. The van der Waals surface area contributed by atoms with Crippen LogP contribution in [0.1, 0.15) is 6.42 Å². The van der Waals surface area contributed by atoms with Gasteiger partial charge in [0.05, 0.1) is 27.4 Å². The van der Waals surface area contributed by atoms with Crippen molar-refractivity contribution in [2.75, 3.05) is 13.2 Å². The number of primary sulfonamides is 1.